The topological polar surface area (TPSA) is 68.9 Å². The minimum Gasteiger partial charge on any atom is -0.508 e. The second-order valence-corrected chi connectivity index (χ2v) is 6.14. The third-order valence-electron chi connectivity index (χ3n) is 4.50. The van der Waals surface area contributed by atoms with Gasteiger partial charge in [0.15, 0.2) is 0 Å². The van der Waals surface area contributed by atoms with E-state index < -0.39 is 5.63 Å². The maximum Gasteiger partial charge on any atom is 0.344 e. The van der Waals surface area contributed by atoms with Gasteiger partial charge >= 0.3 is 5.63 Å². The van der Waals surface area contributed by atoms with E-state index in [0.29, 0.717) is 29.2 Å². The molecule has 4 rings (SSSR count). The molecular weight excluding hydrogens is 308 g/mol. The maximum absolute atomic E-state index is 12.1. The van der Waals surface area contributed by atoms with E-state index >= 15 is 0 Å². The molecule has 1 saturated heterocycles. The van der Waals surface area contributed by atoms with E-state index in [4.69, 9.17) is 13.9 Å². The normalized spacial score (nSPS) is 15.8. The first-order valence-electron chi connectivity index (χ1n) is 8.11. The Kier molecular flexibility index (Phi) is 3.86. The van der Waals surface area contributed by atoms with Crippen LogP contribution in [0.4, 0.5) is 0 Å². The van der Waals surface area contributed by atoms with Crippen molar-refractivity contribution in [2.75, 3.05) is 19.8 Å². The standard InChI is InChI=1S/C19H18O5/c20-13-1-3-15-16-4-2-14(23-11-12-5-7-22-8-6-12)10-18(16)24-19(21)17(15)9-13/h1-4,9-10,12,20H,5-8,11H2. The van der Waals surface area contributed by atoms with Crippen LogP contribution in [0.3, 0.4) is 0 Å². The van der Waals surface area contributed by atoms with Crippen molar-refractivity contribution in [1.82, 2.24) is 0 Å². The van der Waals surface area contributed by atoms with Crippen molar-refractivity contribution in [2.45, 2.75) is 12.8 Å². The summed E-state index contributed by atoms with van der Waals surface area (Å²) in [7, 11) is 0. The van der Waals surface area contributed by atoms with E-state index in [1.807, 2.05) is 12.1 Å². The molecular formula is C19H18O5. The summed E-state index contributed by atoms with van der Waals surface area (Å²) >= 11 is 0. The predicted molar refractivity (Wildman–Crippen MR) is 90.7 cm³/mol. The summed E-state index contributed by atoms with van der Waals surface area (Å²) < 4.78 is 16.6. The lowest BCUT2D eigenvalue weighted by atomic mass is 10.0. The summed E-state index contributed by atoms with van der Waals surface area (Å²) in [6, 6.07) is 10.2. The summed E-state index contributed by atoms with van der Waals surface area (Å²) in [4.78, 5) is 12.1. The highest BCUT2D eigenvalue weighted by Crippen LogP contribution is 2.28. The van der Waals surface area contributed by atoms with Gasteiger partial charge in [-0.25, -0.2) is 4.79 Å². The van der Waals surface area contributed by atoms with Crippen LogP contribution in [0.1, 0.15) is 12.8 Å². The van der Waals surface area contributed by atoms with Crippen LogP contribution < -0.4 is 10.4 Å². The second kappa shape index (κ2) is 6.17. The average molecular weight is 326 g/mol. The molecule has 124 valence electrons. The summed E-state index contributed by atoms with van der Waals surface area (Å²) in [6.45, 7) is 2.22. The Bertz CT molecular complexity index is 938. The summed E-state index contributed by atoms with van der Waals surface area (Å²) in [6.07, 6.45) is 2.02. The first-order valence-corrected chi connectivity index (χ1v) is 8.11. The first-order chi connectivity index (χ1) is 11.7. The smallest absolute Gasteiger partial charge is 0.344 e. The van der Waals surface area contributed by atoms with E-state index in [0.717, 1.165) is 36.8 Å². The van der Waals surface area contributed by atoms with Crippen LogP contribution in [0, 0.1) is 5.92 Å². The molecule has 1 aliphatic rings. The summed E-state index contributed by atoms with van der Waals surface area (Å²) in [5, 5.41) is 11.5. The highest BCUT2D eigenvalue weighted by atomic mass is 16.5. The molecule has 1 aliphatic heterocycles. The van der Waals surface area contributed by atoms with Crippen molar-refractivity contribution in [3.8, 4) is 11.5 Å². The van der Waals surface area contributed by atoms with Crippen LogP contribution in [0.2, 0.25) is 0 Å². The molecule has 5 heteroatoms. The number of hydrogen-bond acceptors (Lipinski definition) is 5. The number of rotatable bonds is 3. The Morgan fingerprint density at radius 2 is 1.83 bits per heavy atom. The molecule has 0 amide bonds. The Labute approximate surface area is 138 Å². The molecule has 2 heterocycles. The number of fused-ring (bicyclic) bond motifs is 3. The van der Waals surface area contributed by atoms with Crippen molar-refractivity contribution in [1.29, 1.82) is 0 Å². The van der Waals surface area contributed by atoms with Gasteiger partial charge in [-0.15, -0.1) is 0 Å². The second-order valence-electron chi connectivity index (χ2n) is 6.14. The van der Waals surface area contributed by atoms with Gasteiger partial charge in [0.1, 0.15) is 17.1 Å². The average Bonchev–Trinajstić information content (AvgIpc) is 2.61. The molecule has 1 N–H and O–H groups in total. The van der Waals surface area contributed by atoms with Gasteiger partial charge in [0.05, 0.1) is 12.0 Å². The number of hydrogen-bond donors (Lipinski definition) is 1. The zero-order chi connectivity index (χ0) is 16.5. The molecule has 0 unspecified atom stereocenters. The van der Waals surface area contributed by atoms with Gasteiger partial charge in [0.2, 0.25) is 0 Å². The molecule has 2 aromatic carbocycles. The maximum atomic E-state index is 12.1. The Morgan fingerprint density at radius 1 is 1.04 bits per heavy atom. The summed E-state index contributed by atoms with van der Waals surface area (Å²) in [5.41, 5.74) is 0.0256. The molecule has 0 aliphatic carbocycles. The van der Waals surface area contributed by atoms with E-state index in [-0.39, 0.29) is 5.75 Å². The monoisotopic (exact) mass is 326 g/mol. The molecule has 24 heavy (non-hydrogen) atoms. The number of phenols is 1. The van der Waals surface area contributed by atoms with E-state index in [1.54, 1.807) is 18.2 Å². The van der Waals surface area contributed by atoms with Gasteiger partial charge in [-0.05, 0) is 49.1 Å². The quantitative estimate of drug-likeness (QED) is 0.590. The van der Waals surface area contributed by atoms with Gasteiger partial charge in [0.25, 0.3) is 0 Å². The minimum atomic E-state index is -0.463. The molecule has 3 aromatic rings. The lowest BCUT2D eigenvalue weighted by Gasteiger charge is -2.22. The van der Waals surface area contributed by atoms with Crippen molar-refractivity contribution >= 4 is 21.7 Å². The fraction of sp³-hybridized carbons (Fsp3) is 0.316. The van der Waals surface area contributed by atoms with E-state index in [9.17, 15) is 9.90 Å². The van der Waals surface area contributed by atoms with Crippen molar-refractivity contribution < 1.29 is 19.0 Å². The Hall–Kier alpha value is -2.53. The molecule has 0 saturated carbocycles. The van der Waals surface area contributed by atoms with Crippen molar-refractivity contribution in [2.24, 2.45) is 5.92 Å². The van der Waals surface area contributed by atoms with E-state index in [2.05, 4.69) is 0 Å². The van der Waals surface area contributed by atoms with Crippen LogP contribution in [0.15, 0.2) is 45.6 Å². The van der Waals surface area contributed by atoms with Gasteiger partial charge in [-0.2, -0.15) is 0 Å². The van der Waals surface area contributed by atoms with E-state index in [1.165, 1.54) is 6.07 Å². The molecule has 0 atom stereocenters. The molecule has 1 fully saturated rings. The molecule has 0 spiro atoms. The number of phenolic OH excluding ortho intramolecular Hbond substituents is 1. The van der Waals surface area contributed by atoms with Gasteiger partial charge in [-0.1, -0.05) is 0 Å². The number of benzene rings is 2. The fourth-order valence-corrected chi connectivity index (χ4v) is 3.12. The summed E-state index contributed by atoms with van der Waals surface area (Å²) in [5.74, 6) is 1.24. The van der Waals surface area contributed by atoms with Crippen LogP contribution in [-0.4, -0.2) is 24.9 Å². The fourth-order valence-electron chi connectivity index (χ4n) is 3.12. The highest BCUT2D eigenvalue weighted by Gasteiger charge is 2.15. The van der Waals surface area contributed by atoms with Gasteiger partial charge in [-0.3, -0.25) is 0 Å². The van der Waals surface area contributed by atoms with Crippen LogP contribution in [0.25, 0.3) is 21.7 Å². The van der Waals surface area contributed by atoms with Crippen molar-refractivity contribution in [3.63, 3.8) is 0 Å². The number of aromatic hydroxyl groups is 1. The van der Waals surface area contributed by atoms with Gasteiger partial charge in [0, 0.05) is 30.1 Å². The largest absolute Gasteiger partial charge is 0.508 e. The Balaban J connectivity index is 1.66. The molecule has 5 nitrogen and oxygen atoms in total. The number of ether oxygens (including phenoxy) is 2. The molecule has 1 aromatic heterocycles. The minimum absolute atomic E-state index is 0.0468. The van der Waals surface area contributed by atoms with Gasteiger partial charge < -0.3 is 19.0 Å². The third-order valence-corrected chi connectivity index (χ3v) is 4.50. The SMILES string of the molecule is O=c1oc2cc(OCC3CCOCC3)ccc2c2ccc(O)cc12. The molecule has 0 radical (unpaired) electrons. The van der Waals surface area contributed by atoms with Crippen LogP contribution in [0.5, 0.6) is 11.5 Å². The zero-order valence-corrected chi connectivity index (χ0v) is 13.2. The lowest BCUT2D eigenvalue weighted by molar-refractivity contribution is 0.0497. The van der Waals surface area contributed by atoms with Crippen molar-refractivity contribution in [3.05, 3.63) is 46.8 Å². The third kappa shape index (κ3) is 2.83. The van der Waals surface area contributed by atoms with Crippen LogP contribution in [-0.2, 0) is 4.74 Å². The van der Waals surface area contributed by atoms with Crippen LogP contribution >= 0.6 is 0 Å². The Morgan fingerprint density at radius 3 is 2.67 bits per heavy atom. The lowest BCUT2D eigenvalue weighted by Crippen LogP contribution is -2.21. The predicted octanol–water partition coefficient (Wildman–Crippen LogP) is 3.46. The molecule has 0 bridgehead atoms. The first kappa shape index (κ1) is 15.0. The highest BCUT2D eigenvalue weighted by molar-refractivity contribution is 6.04. The zero-order valence-electron chi connectivity index (χ0n) is 13.2.